The monoisotopic (exact) mass is 504 g/mol. The summed E-state index contributed by atoms with van der Waals surface area (Å²) in [5, 5.41) is 15.5. The van der Waals surface area contributed by atoms with Crippen LogP contribution >= 0.6 is 0 Å². The van der Waals surface area contributed by atoms with Crippen LogP contribution in [0.2, 0.25) is 0 Å². The number of hydrogen-bond donors (Lipinski definition) is 2. The standard InChI is InChI=1S/C27H28N4O6/c1-2-27(34)19-10-21-23-15(12-31(21)25(32)18(19)14-37-26(27)33)9-16-17(13-30-5-3-28-4-6-30)24-22(11-20(16)29-23)35-7-8-36-24/h9-11,28,34H,2-8,12-14H2,1H3/t27-/m0/s1. The van der Waals surface area contributed by atoms with E-state index in [4.69, 9.17) is 19.2 Å². The number of piperazine rings is 1. The van der Waals surface area contributed by atoms with E-state index in [9.17, 15) is 14.7 Å². The Hall–Kier alpha value is -3.47. The Morgan fingerprint density at radius 2 is 1.92 bits per heavy atom. The quantitative estimate of drug-likeness (QED) is 0.398. The average molecular weight is 505 g/mol. The van der Waals surface area contributed by atoms with Crippen LogP contribution in [0.15, 0.2) is 23.0 Å². The number of nitrogens with one attached hydrogen (secondary N) is 1. The van der Waals surface area contributed by atoms with Gasteiger partial charge in [-0.2, -0.15) is 0 Å². The molecule has 1 atom stereocenters. The van der Waals surface area contributed by atoms with Crippen LogP contribution in [-0.4, -0.2) is 64.9 Å². The largest absolute Gasteiger partial charge is 0.486 e. The summed E-state index contributed by atoms with van der Waals surface area (Å²) < 4.78 is 18.9. The van der Waals surface area contributed by atoms with E-state index in [-0.39, 0.29) is 18.6 Å². The number of fused-ring (bicyclic) bond motifs is 6. The minimum Gasteiger partial charge on any atom is -0.486 e. The highest BCUT2D eigenvalue weighted by Gasteiger charge is 2.45. The maximum absolute atomic E-state index is 13.5. The van der Waals surface area contributed by atoms with Gasteiger partial charge in [-0.05, 0) is 18.6 Å². The third-order valence-electron chi connectivity index (χ3n) is 8.01. The molecule has 10 nitrogen and oxygen atoms in total. The maximum Gasteiger partial charge on any atom is 0.343 e. The molecule has 0 spiro atoms. The van der Waals surface area contributed by atoms with Gasteiger partial charge in [0.2, 0.25) is 0 Å². The fraction of sp³-hybridized carbons (Fsp3) is 0.444. The Labute approximate surface area is 212 Å². The first-order valence-corrected chi connectivity index (χ1v) is 12.8. The number of carbonyl (C=O) groups is 1. The first kappa shape index (κ1) is 22.7. The van der Waals surface area contributed by atoms with E-state index in [1.54, 1.807) is 17.6 Å². The van der Waals surface area contributed by atoms with Crippen LogP contribution in [0.3, 0.4) is 0 Å². The molecule has 2 N–H and O–H groups in total. The molecule has 2 aromatic heterocycles. The van der Waals surface area contributed by atoms with Crippen LogP contribution < -0.4 is 20.3 Å². The number of hydrogen-bond acceptors (Lipinski definition) is 9. The summed E-state index contributed by atoms with van der Waals surface area (Å²) in [7, 11) is 0. The smallest absolute Gasteiger partial charge is 0.343 e. The van der Waals surface area contributed by atoms with Crippen molar-refractivity contribution in [1.29, 1.82) is 0 Å². The van der Waals surface area contributed by atoms with Crippen LogP contribution in [0.25, 0.3) is 22.3 Å². The number of cyclic esters (lactones) is 1. The van der Waals surface area contributed by atoms with Gasteiger partial charge < -0.3 is 29.2 Å². The van der Waals surface area contributed by atoms with Crippen molar-refractivity contribution in [1.82, 2.24) is 19.8 Å². The molecule has 10 heteroatoms. The molecule has 0 amide bonds. The van der Waals surface area contributed by atoms with Crippen LogP contribution in [0.5, 0.6) is 11.5 Å². The van der Waals surface area contributed by atoms with Crippen molar-refractivity contribution in [3.63, 3.8) is 0 Å². The summed E-state index contributed by atoms with van der Waals surface area (Å²) in [6.07, 6.45) is 0.110. The Bertz CT molecular complexity index is 1530. The highest BCUT2D eigenvalue weighted by atomic mass is 16.6. The number of esters is 1. The van der Waals surface area contributed by atoms with Crippen LogP contribution in [0.1, 0.15) is 35.6 Å². The summed E-state index contributed by atoms with van der Waals surface area (Å²) in [6, 6.07) is 5.75. The zero-order valence-electron chi connectivity index (χ0n) is 20.6. The normalized spacial score (nSPS) is 22.4. The first-order chi connectivity index (χ1) is 18.0. The van der Waals surface area contributed by atoms with Gasteiger partial charge in [-0.25, -0.2) is 9.78 Å². The molecule has 0 unspecified atom stereocenters. The lowest BCUT2D eigenvalue weighted by molar-refractivity contribution is -0.172. The number of aromatic nitrogens is 2. The molecular weight excluding hydrogens is 476 g/mol. The fourth-order valence-electron chi connectivity index (χ4n) is 5.96. The lowest BCUT2D eigenvalue weighted by atomic mass is 9.86. The maximum atomic E-state index is 13.5. The zero-order chi connectivity index (χ0) is 25.3. The Morgan fingerprint density at radius 3 is 2.73 bits per heavy atom. The second-order valence-electron chi connectivity index (χ2n) is 10.1. The van der Waals surface area contributed by atoms with E-state index in [2.05, 4.69) is 16.3 Å². The summed E-state index contributed by atoms with van der Waals surface area (Å²) in [5.41, 5.74) is 2.53. The molecule has 4 aliphatic rings. The van der Waals surface area contributed by atoms with Gasteiger partial charge >= 0.3 is 5.97 Å². The summed E-state index contributed by atoms with van der Waals surface area (Å²) in [5.74, 6) is 0.726. The third kappa shape index (κ3) is 3.32. The molecule has 1 fully saturated rings. The number of benzene rings is 1. The first-order valence-electron chi connectivity index (χ1n) is 12.8. The number of pyridine rings is 2. The molecule has 6 heterocycles. The van der Waals surface area contributed by atoms with Crippen molar-refractivity contribution in [3.05, 3.63) is 50.8 Å². The van der Waals surface area contributed by atoms with Crippen LogP contribution in [-0.2, 0) is 34.8 Å². The molecule has 192 valence electrons. The van der Waals surface area contributed by atoms with E-state index in [0.29, 0.717) is 48.0 Å². The second kappa shape index (κ2) is 8.27. The fourth-order valence-corrected chi connectivity index (χ4v) is 5.96. The molecule has 0 saturated carbocycles. The average Bonchev–Trinajstić information content (AvgIpc) is 3.28. The number of aliphatic hydroxyl groups is 1. The molecule has 1 saturated heterocycles. The van der Waals surface area contributed by atoms with E-state index >= 15 is 0 Å². The SMILES string of the molecule is CC[C@@]1(O)C(=O)OCc2c1cc1n(c2=O)Cc2cc3c(CN4CCNCC4)c4c(cc3nc2-1)OCCO4. The lowest BCUT2D eigenvalue weighted by Gasteiger charge is -2.31. The zero-order valence-corrected chi connectivity index (χ0v) is 20.6. The van der Waals surface area contributed by atoms with Gasteiger partial charge in [0.25, 0.3) is 5.56 Å². The van der Waals surface area contributed by atoms with Gasteiger partial charge in [0, 0.05) is 60.9 Å². The van der Waals surface area contributed by atoms with Crippen molar-refractivity contribution in [2.75, 3.05) is 39.4 Å². The summed E-state index contributed by atoms with van der Waals surface area (Å²) in [6.45, 7) is 7.38. The molecule has 3 aromatic rings. The van der Waals surface area contributed by atoms with Crippen molar-refractivity contribution in [2.45, 2.75) is 38.6 Å². The highest BCUT2D eigenvalue weighted by molar-refractivity contribution is 5.91. The van der Waals surface area contributed by atoms with Crippen LogP contribution in [0, 0.1) is 0 Å². The molecule has 0 aliphatic carbocycles. The van der Waals surface area contributed by atoms with Gasteiger partial charge in [-0.15, -0.1) is 0 Å². The summed E-state index contributed by atoms with van der Waals surface area (Å²) in [4.78, 5) is 33.4. The van der Waals surface area contributed by atoms with E-state index in [0.717, 1.165) is 60.5 Å². The molecule has 7 rings (SSSR count). The third-order valence-corrected chi connectivity index (χ3v) is 8.01. The molecule has 1 aromatic carbocycles. The highest BCUT2D eigenvalue weighted by Crippen LogP contribution is 2.43. The molecule has 4 aliphatic heterocycles. The molecular formula is C27H28N4O6. The number of carbonyl (C=O) groups excluding carboxylic acids is 1. The Balaban J connectivity index is 1.41. The van der Waals surface area contributed by atoms with Gasteiger partial charge in [-0.3, -0.25) is 9.69 Å². The van der Waals surface area contributed by atoms with Crippen molar-refractivity contribution in [2.24, 2.45) is 0 Å². The molecule has 0 radical (unpaired) electrons. The molecule has 0 bridgehead atoms. The lowest BCUT2D eigenvalue weighted by Crippen LogP contribution is -2.44. The minimum absolute atomic E-state index is 0.110. The summed E-state index contributed by atoms with van der Waals surface area (Å²) >= 11 is 0. The predicted octanol–water partition coefficient (Wildman–Crippen LogP) is 1.26. The second-order valence-corrected chi connectivity index (χ2v) is 10.1. The van der Waals surface area contributed by atoms with E-state index in [1.807, 2.05) is 6.07 Å². The minimum atomic E-state index is -1.84. The van der Waals surface area contributed by atoms with Gasteiger partial charge in [0.15, 0.2) is 17.1 Å². The van der Waals surface area contributed by atoms with Crippen LogP contribution in [0.4, 0.5) is 0 Å². The van der Waals surface area contributed by atoms with Gasteiger partial charge in [0.05, 0.1) is 29.0 Å². The van der Waals surface area contributed by atoms with E-state index < -0.39 is 11.6 Å². The predicted molar refractivity (Wildman–Crippen MR) is 134 cm³/mol. The van der Waals surface area contributed by atoms with Gasteiger partial charge in [0.1, 0.15) is 19.8 Å². The number of ether oxygens (including phenoxy) is 3. The topological polar surface area (TPSA) is 115 Å². The Morgan fingerprint density at radius 1 is 1.11 bits per heavy atom. The number of nitrogens with zero attached hydrogens (tertiary/aromatic N) is 3. The van der Waals surface area contributed by atoms with Crippen molar-refractivity contribution >= 4 is 16.9 Å². The van der Waals surface area contributed by atoms with Gasteiger partial charge in [-0.1, -0.05) is 6.92 Å². The van der Waals surface area contributed by atoms with E-state index in [1.165, 1.54) is 0 Å². The van der Waals surface area contributed by atoms with Crippen molar-refractivity contribution in [3.8, 4) is 22.9 Å². The number of rotatable bonds is 3. The van der Waals surface area contributed by atoms with Crippen molar-refractivity contribution < 1.29 is 24.1 Å². The molecule has 37 heavy (non-hydrogen) atoms. The Kier molecular flexibility index (Phi) is 5.08.